The normalized spacial score (nSPS) is 20.0. The van der Waals surface area contributed by atoms with Gasteiger partial charge in [-0.3, -0.25) is 0 Å². The molecule has 0 aromatic heterocycles. The summed E-state index contributed by atoms with van der Waals surface area (Å²) in [4.78, 5) is 0. The van der Waals surface area contributed by atoms with Crippen LogP contribution in [0.2, 0.25) is 0 Å². The lowest BCUT2D eigenvalue weighted by Crippen LogP contribution is -1.95. The van der Waals surface area contributed by atoms with E-state index in [0.717, 1.165) is 18.1 Å². The van der Waals surface area contributed by atoms with Gasteiger partial charge in [-0.1, -0.05) is 13.0 Å². The van der Waals surface area contributed by atoms with Gasteiger partial charge >= 0.3 is 0 Å². The zero-order valence-electron chi connectivity index (χ0n) is 7.33. The Labute approximate surface area is 72.1 Å². The van der Waals surface area contributed by atoms with Gasteiger partial charge in [0.2, 0.25) is 0 Å². The highest BCUT2D eigenvalue weighted by Gasteiger charge is 2.23. The second-order valence-corrected chi connectivity index (χ2v) is 3.08. The van der Waals surface area contributed by atoms with Crippen LogP contribution < -0.4 is 9.47 Å². The van der Waals surface area contributed by atoms with Crippen molar-refractivity contribution in [2.24, 2.45) is 0 Å². The summed E-state index contributed by atoms with van der Waals surface area (Å²) >= 11 is 0. The Balaban J connectivity index is 2.53. The number of hydrogen-bond donors (Lipinski definition) is 0. The van der Waals surface area contributed by atoms with Gasteiger partial charge in [-0.2, -0.15) is 0 Å². The van der Waals surface area contributed by atoms with E-state index in [9.17, 15) is 0 Å². The van der Waals surface area contributed by atoms with Crippen LogP contribution in [0.3, 0.4) is 0 Å². The number of benzene rings is 1. The number of fused-ring (bicyclic) bond motifs is 1. The Morgan fingerprint density at radius 2 is 2.33 bits per heavy atom. The van der Waals surface area contributed by atoms with Crippen molar-refractivity contribution in [1.29, 1.82) is 0 Å². The minimum atomic E-state index is 0.455. The second-order valence-electron chi connectivity index (χ2n) is 3.08. The maximum atomic E-state index is 5.47. The number of methoxy groups -OCH3 is 1. The van der Waals surface area contributed by atoms with Crippen LogP contribution >= 0.6 is 0 Å². The predicted molar refractivity (Wildman–Crippen MR) is 46.9 cm³/mol. The van der Waals surface area contributed by atoms with Crippen molar-refractivity contribution in [3.63, 3.8) is 0 Å². The SMILES string of the molecule is COc1cccc2c1C(C)CO2. The van der Waals surface area contributed by atoms with E-state index in [-0.39, 0.29) is 0 Å². The Kier molecular flexibility index (Phi) is 1.68. The van der Waals surface area contributed by atoms with Crippen molar-refractivity contribution >= 4 is 0 Å². The molecule has 0 amide bonds. The van der Waals surface area contributed by atoms with E-state index in [1.54, 1.807) is 7.11 Å². The molecule has 1 aliphatic rings. The highest BCUT2D eigenvalue weighted by molar-refractivity contribution is 5.49. The van der Waals surface area contributed by atoms with Crippen LogP contribution in [-0.4, -0.2) is 13.7 Å². The van der Waals surface area contributed by atoms with Gasteiger partial charge in [0.05, 0.1) is 13.7 Å². The molecule has 1 aromatic carbocycles. The van der Waals surface area contributed by atoms with Crippen LogP contribution in [0.1, 0.15) is 18.4 Å². The molecular weight excluding hydrogens is 152 g/mol. The number of rotatable bonds is 1. The van der Waals surface area contributed by atoms with Crippen molar-refractivity contribution in [1.82, 2.24) is 0 Å². The molecule has 0 saturated carbocycles. The van der Waals surface area contributed by atoms with E-state index in [1.165, 1.54) is 5.56 Å². The molecule has 0 N–H and O–H groups in total. The first-order chi connectivity index (χ1) is 5.83. The van der Waals surface area contributed by atoms with E-state index in [1.807, 2.05) is 18.2 Å². The van der Waals surface area contributed by atoms with Gasteiger partial charge in [0.15, 0.2) is 0 Å². The average Bonchev–Trinajstić information content (AvgIpc) is 2.48. The number of hydrogen-bond acceptors (Lipinski definition) is 2. The lowest BCUT2D eigenvalue weighted by Gasteiger charge is -2.06. The summed E-state index contributed by atoms with van der Waals surface area (Å²) in [7, 11) is 1.70. The zero-order chi connectivity index (χ0) is 8.55. The Morgan fingerprint density at radius 1 is 1.50 bits per heavy atom. The van der Waals surface area contributed by atoms with Gasteiger partial charge in [-0.05, 0) is 12.1 Å². The molecule has 0 radical (unpaired) electrons. The lowest BCUT2D eigenvalue weighted by atomic mass is 10.0. The molecule has 1 heterocycles. The van der Waals surface area contributed by atoms with Crippen LogP contribution in [-0.2, 0) is 0 Å². The summed E-state index contributed by atoms with van der Waals surface area (Å²) in [5.41, 5.74) is 1.21. The van der Waals surface area contributed by atoms with Crippen molar-refractivity contribution in [2.45, 2.75) is 12.8 Å². The van der Waals surface area contributed by atoms with Crippen molar-refractivity contribution < 1.29 is 9.47 Å². The van der Waals surface area contributed by atoms with Crippen LogP contribution in [0.5, 0.6) is 11.5 Å². The fourth-order valence-corrected chi connectivity index (χ4v) is 1.61. The molecule has 0 saturated heterocycles. The molecule has 0 fully saturated rings. The van der Waals surface area contributed by atoms with Gasteiger partial charge in [0.25, 0.3) is 0 Å². The smallest absolute Gasteiger partial charge is 0.126 e. The van der Waals surface area contributed by atoms with Crippen molar-refractivity contribution in [2.75, 3.05) is 13.7 Å². The summed E-state index contributed by atoms with van der Waals surface area (Å²) in [6, 6.07) is 5.92. The lowest BCUT2D eigenvalue weighted by molar-refractivity contribution is 0.337. The minimum absolute atomic E-state index is 0.455. The number of ether oxygens (including phenoxy) is 2. The van der Waals surface area contributed by atoms with Crippen LogP contribution in [0.15, 0.2) is 18.2 Å². The van der Waals surface area contributed by atoms with Gasteiger partial charge in [0, 0.05) is 11.5 Å². The van der Waals surface area contributed by atoms with Crippen molar-refractivity contribution in [3.05, 3.63) is 23.8 Å². The van der Waals surface area contributed by atoms with E-state index < -0.39 is 0 Å². The molecule has 2 rings (SSSR count). The summed E-state index contributed by atoms with van der Waals surface area (Å²) in [6.07, 6.45) is 0. The third-order valence-corrected chi connectivity index (χ3v) is 2.23. The summed E-state index contributed by atoms with van der Waals surface area (Å²) in [5.74, 6) is 2.37. The molecule has 1 atom stereocenters. The third kappa shape index (κ3) is 0.951. The van der Waals surface area contributed by atoms with Crippen molar-refractivity contribution in [3.8, 4) is 11.5 Å². The Morgan fingerprint density at radius 3 is 3.08 bits per heavy atom. The maximum Gasteiger partial charge on any atom is 0.126 e. The second kappa shape index (κ2) is 2.70. The minimum Gasteiger partial charge on any atom is -0.496 e. The molecule has 64 valence electrons. The van der Waals surface area contributed by atoms with E-state index >= 15 is 0 Å². The summed E-state index contributed by atoms with van der Waals surface area (Å²) in [6.45, 7) is 2.92. The predicted octanol–water partition coefficient (Wildman–Crippen LogP) is 2.19. The largest absolute Gasteiger partial charge is 0.496 e. The molecule has 1 aromatic rings. The van der Waals surface area contributed by atoms with Crippen LogP contribution in [0.4, 0.5) is 0 Å². The van der Waals surface area contributed by atoms with Crippen LogP contribution in [0.25, 0.3) is 0 Å². The van der Waals surface area contributed by atoms with E-state index in [2.05, 4.69) is 6.92 Å². The highest BCUT2D eigenvalue weighted by atomic mass is 16.5. The van der Waals surface area contributed by atoms with Gasteiger partial charge in [-0.25, -0.2) is 0 Å². The molecule has 0 bridgehead atoms. The molecule has 0 spiro atoms. The fraction of sp³-hybridized carbons (Fsp3) is 0.400. The molecule has 2 nitrogen and oxygen atoms in total. The zero-order valence-corrected chi connectivity index (χ0v) is 7.33. The quantitative estimate of drug-likeness (QED) is 0.633. The van der Waals surface area contributed by atoms with E-state index in [0.29, 0.717) is 5.92 Å². The van der Waals surface area contributed by atoms with Gasteiger partial charge in [0.1, 0.15) is 11.5 Å². The summed E-state index contributed by atoms with van der Waals surface area (Å²) < 4.78 is 10.7. The molecule has 0 aliphatic carbocycles. The molecular formula is C10H12O2. The first-order valence-corrected chi connectivity index (χ1v) is 4.12. The van der Waals surface area contributed by atoms with Gasteiger partial charge < -0.3 is 9.47 Å². The Bertz CT molecular complexity index is 294. The molecule has 12 heavy (non-hydrogen) atoms. The monoisotopic (exact) mass is 164 g/mol. The first-order valence-electron chi connectivity index (χ1n) is 4.12. The summed E-state index contributed by atoms with van der Waals surface area (Å²) in [5, 5.41) is 0. The molecule has 1 aliphatic heterocycles. The maximum absolute atomic E-state index is 5.47. The average molecular weight is 164 g/mol. The molecule has 1 unspecified atom stereocenters. The topological polar surface area (TPSA) is 18.5 Å². The highest BCUT2D eigenvalue weighted by Crippen LogP contribution is 2.39. The standard InChI is InChI=1S/C10H12O2/c1-7-6-12-9-5-3-4-8(11-2)10(7)9/h3-5,7H,6H2,1-2H3. The fourth-order valence-electron chi connectivity index (χ4n) is 1.61. The Hall–Kier alpha value is -1.18. The van der Waals surface area contributed by atoms with Crippen LogP contribution in [0, 0.1) is 0 Å². The first kappa shape index (κ1) is 7.47. The van der Waals surface area contributed by atoms with Gasteiger partial charge in [-0.15, -0.1) is 0 Å². The molecule has 2 heteroatoms. The third-order valence-electron chi connectivity index (χ3n) is 2.23. The van der Waals surface area contributed by atoms with E-state index in [4.69, 9.17) is 9.47 Å².